The number of fused-ring (bicyclic) bond motifs is 1. The number of nitro benzene ring substituents is 1. The van der Waals surface area contributed by atoms with Crippen LogP contribution in [-0.2, 0) is 13.0 Å². The third kappa shape index (κ3) is 2.84. The number of nitrogens with zero attached hydrogens (tertiary/aromatic N) is 1. The summed E-state index contributed by atoms with van der Waals surface area (Å²) >= 11 is 5.84. The second-order valence-electron chi connectivity index (χ2n) is 4.91. The summed E-state index contributed by atoms with van der Waals surface area (Å²) in [6, 6.07) is 10.6. The highest BCUT2D eigenvalue weighted by atomic mass is 35.5. The number of nitro groups is 1. The minimum atomic E-state index is -0.425. The minimum Gasteiger partial charge on any atom is -0.350 e. The largest absolute Gasteiger partial charge is 0.350 e. The van der Waals surface area contributed by atoms with E-state index >= 15 is 0 Å². The Labute approximate surface area is 127 Å². The van der Waals surface area contributed by atoms with Gasteiger partial charge in [-0.15, -0.1) is 0 Å². The van der Waals surface area contributed by atoms with Gasteiger partial charge >= 0.3 is 0 Å². The number of hydrogen-bond acceptors (Lipinski definition) is 4. The summed E-state index contributed by atoms with van der Waals surface area (Å²) < 4.78 is 0. The van der Waals surface area contributed by atoms with Crippen molar-refractivity contribution in [3.8, 4) is 0 Å². The fraction of sp³-hybridized carbons (Fsp3) is 0.200. The van der Waals surface area contributed by atoms with E-state index in [0.29, 0.717) is 10.7 Å². The molecule has 0 saturated heterocycles. The highest BCUT2D eigenvalue weighted by Gasteiger charge is 2.17. The highest BCUT2D eigenvalue weighted by molar-refractivity contribution is 6.30. The van der Waals surface area contributed by atoms with E-state index < -0.39 is 4.92 Å². The number of benzene rings is 2. The van der Waals surface area contributed by atoms with Crippen molar-refractivity contribution in [3.05, 3.63) is 62.7 Å². The van der Waals surface area contributed by atoms with Gasteiger partial charge in [-0.3, -0.25) is 10.1 Å². The molecule has 0 radical (unpaired) electrons. The van der Waals surface area contributed by atoms with E-state index in [0.717, 1.165) is 25.2 Å². The summed E-state index contributed by atoms with van der Waals surface area (Å²) in [6.07, 6.45) is 0.903. The van der Waals surface area contributed by atoms with Crippen molar-refractivity contribution in [1.29, 1.82) is 0 Å². The zero-order valence-electron chi connectivity index (χ0n) is 11.2. The molecule has 0 fully saturated rings. The minimum absolute atomic E-state index is 0.0194. The van der Waals surface area contributed by atoms with E-state index in [1.54, 1.807) is 12.1 Å². The van der Waals surface area contributed by atoms with E-state index in [1.807, 2.05) is 12.1 Å². The molecular weight excluding hydrogens is 290 g/mol. The van der Waals surface area contributed by atoms with Crippen molar-refractivity contribution in [2.24, 2.45) is 0 Å². The first-order valence-electron chi connectivity index (χ1n) is 6.67. The van der Waals surface area contributed by atoms with E-state index in [2.05, 4.69) is 16.7 Å². The van der Waals surface area contributed by atoms with Gasteiger partial charge in [0.05, 0.1) is 4.92 Å². The second kappa shape index (κ2) is 5.71. The molecule has 3 rings (SSSR count). The van der Waals surface area contributed by atoms with Crippen LogP contribution in [0.25, 0.3) is 0 Å². The molecule has 6 heteroatoms. The van der Waals surface area contributed by atoms with E-state index in [4.69, 9.17) is 11.6 Å². The SMILES string of the molecule is O=[N+]([O-])c1cc(Cl)ccc1Nc1cccc2c1CCNC2. The fourth-order valence-electron chi connectivity index (χ4n) is 2.56. The van der Waals surface area contributed by atoms with Gasteiger partial charge < -0.3 is 10.6 Å². The first-order valence-corrected chi connectivity index (χ1v) is 7.05. The number of anilines is 2. The lowest BCUT2D eigenvalue weighted by atomic mass is 9.99. The molecule has 0 unspecified atom stereocenters. The second-order valence-corrected chi connectivity index (χ2v) is 5.35. The fourth-order valence-corrected chi connectivity index (χ4v) is 2.72. The van der Waals surface area contributed by atoms with Crippen molar-refractivity contribution in [2.75, 3.05) is 11.9 Å². The quantitative estimate of drug-likeness (QED) is 0.671. The average Bonchev–Trinajstić information content (AvgIpc) is 2.49. The maximum absolute atomic E-state index is 11.1. The molecule has 0 saturated carbocycles. The molecule has 0 aromatic heterocycles. The molecule has 2 aromatic rings. The van der Waals surface area contributed by atoms with Gasteiger partial charge in [-0.25, -0.2) is 0 Å². The molecule has 0 bridgehead atoms. The van der Waals surface area contributed by atoms with Gasteiger partial charge in [0.15, 0.2) is 0 Å². The number of halogens is 1. The molecule has 1 heterocycles. The van der Waals surface area contributed by atoms with Gasteiger partial charge in [0.1, 0.15) is 5.69 Å². The Hall–Kier alpha value is -2.11. The van der Waals surface area contributed by atoms with Gasteiger partial charge in [-0.1, -0.05) is 23.7 Å². The maximum Gasteiger partial charge on any atom is 0.294 e. The van der Waals surface area contributed by atoms with Gasteiger partial charge in [-0.2, -0.15) is 0 Å². The summed E-state index contributed by atoms with van der Waals surface area (Å²) in [5.74, 6) is 0. The normalized spacial score (nSPS) is 13.6. The van der Waals surface area contributed by atoms with Gasteiger partial charge in [0.2, 0.25) is 0 Å². The summed E-state index contributed by atoms with van der Waals surface area (Å²) in [4.78, 5) is 10.7. The Morgan fingerprint density at radius 2 is 2.10 bits per heavy atom. The Bertz CT molecular complexity index is 703. The molecule has 0 aliphatic carbocycles. The monoisotopic (exact) mass is 303 g/mol. The lowest BCUT2D eigenvalue weighted by molar-refractivity contribution is -0.383. The molecule has 0 atom stereocenters. The van der Waals surface area contributed by atoms with Crippen molar-refractivity contribution >= 4 is 28.7 Å². The van der Waals surface area contributed by atoms with E-state index in [9.17, 15) is 10.1 Å². The number of rotatable bonds is 3. The molecule has 21 heavy (non-hydrogen) atoms. The lowest BCUT2D eigenvalue weighted by Gasteiger charge is -2.21. The topological polar surface area (TPSA) is 67.2 Å². The molecule has 0 spiro atoms. The molecule has 5 nitrogen and oxygen atoms in total. The molecule has 1 aliphatic rings. The average molecular weight is 304 g/mol. The van der Waals surface area contributed by atoms with E-state index in [-0.39, 0.29) is 5.69 Å². The van der Waals surface area contributed by atoms with Gasteiger partial charge in [-0.05, 0) is 42.3 Å². The summed E-state index contributed by atoms with van der Waals surface area (Å²) in [5.41, 5.74) is 3.79. The van der Waals surface area contributed by atoms with Gasteiger partial charge in [0, 0.05) is 23.3 Å². The van der Waals surface area contributed by atoms with Crippen molar-refractivity contribution in [3.63, 3.8) is 0 Å². The summed E-state index contributed by atoms with van der Waals surface area (Å²) in [7, 11) is 0. The Morgan fingerprint density at radius 1 is 1.24 bits per heavy atom. The summed E-state index contributed by atoms with van der Waals surface area (Å²) in [6.45, 7) is 1.74. The van der Waals surface area contributed by atoms with Crippen molar-refractivity contribution in [1.82, 2.24) is 5.32 Å². The van der Waals surface area contributed by atoms with Crippen LogP contribution in [0.1, 0.15) is 11.1 Å². The molecular formula is C15H14ClN3O2. The Balaban J connectivity index is 2.00. The molecule has 2 N–H and O–H groups in total. The van der Waals surface area contributed by atoms with Crippen LogP contribution in [0.15, 0.2) is 36.4 Å². The van der Waals surface area contributed by atoms with Crippen LogP contribution in [0.3, 0.4) is 0 Å². The lowest BCUT2D eigenvalue weighted by Crippen LogP contribution is -2.24. The van der Waals surface area contributed by atoms with Crippen molar-refractivity contribution in [2.45, 2.75) is 13.0 Å². The van der Waals surface area contributed by atoms with Crippen LogP contribution in [0, 0.1) is 10.1 Å². The Morgan fingerprint density at radius 3 is 2.90 bits per heavy atom. The summed E-state index contributed by atoms with van der Waals surface area (Å²) in [5, 5.41) is 18.0. The molecule has 1 aliphatic heterocycles. The molecule has 0 amide bonds. The third-order valence-electron chi connectivity index (χ3n) is 3.57. The van der Waals surface area contributed by atoms with Crippen LogP contribution < -0.4 is 10.6 Å². The smallest absolute Gasteiger partial charge is 0.294 e. The highest BCUT2D eigenvalue weighted by Crippen LogP contribution is 2.33. The van der Waals surface area contributed by atoms with Crippen LogP contribution in [0.2, 0.25) is 5.02 Å². The zero-order chi connectivity index (χ0) is 14.8. The predicted molar refractivity (Wildman–Crippen MR) is 83.2 cm³/mol. The van der Waals surface area contributed by atoms with Crippen molar-refractivity contribution < 1.29 is 4.92 Å². The Kier molecular flexibility index (Phi) is 3.77. The first-order chi connectivity index (χ1) is 10.1. The molecule has 108 valence electrons. The van der Waals surface area contributed by atoms with Crippen LogP contribution >= 0.6 is 11.6 Å². The van der Waals surface area contributed by atoms with E-state index in [1.165, 1.54) is 17.2 Å². The van der Waals surface area contributed by atoms with Crippen LogP contribution in [0.4, 0.5) is 17.1 Å². The zero-order valence-corrected chi connectivity index (χ0v) is 12.0. The van der Waals surface area contributed by atoms with Gasteiger partial charge in [0.25, 0.3) is 5.69 Å². The first kappa shape index (κ1) is 13.9. The number of hydrogen-bond donors (Lipinski definition) is 2. The van der Waals surface area contributed by atoms with Crippen LogP contribution in [-0.4, -0.2) is 11.5 Å². The third-order valence-corrected chi connectivity index (χ3v) is 3.80. The predicted octanol–water partition coefficient (Wildman–Crippen LogP) is 3.64. The standard InChI is InChI=1S/C15H14ClN3O2/c16-11-4-5-14(15(8-11)19(20)21)18-13-3-1-2-10-9-17-7-6-12(10)13/h1-5,8,17-18H,6-7,9H2. The number of nitrogens with one attached hydrogen (secondary N) is 2. The maximum atomic E-state index is 11.1. The van der Waals surface area contributed by atoms with Crippen LogP contribution in [0.5, 0.6) is 0 Å². The molecule has 2 aromatic carbocycles.